The van der Waals surface area contributed by atoms with Crippen LogP contribution in [0.25, 0.3) is 73.3 Å². The van der Waals surface area contributed by atoms with Crippen LogP contribution >= 0.6 is 0 Å². The first-order valence-corrected chi connectivity index (χ1v) is 18.1. The Kier molecular flexibility index (Phi) is 11.9. The number of para-hydroxylation sites is 1. The summed E-state index contributed by atoms with van der Waals surface area (Å²) in [6, 6.07) is 39.9. The fourth-order valence-electron chi connectivity index (χ4n) is 6.94. The fourth-order valence-corrected chi connectivity index (χ4v) is 6.94. The van der Waals surface area contributed by atoms with Gasteiger partial charge in [0.15, 0.2) is 0 Å². The van der Waals surface area contributed by atoms with Gasteiger partial charge < -0.3 is 9.13 Å². The molecule has 2 nitrogen and oxygen atoms in total. The number of hydrogen-bond donors (Lipinski definition) is 0. The van der Waals surface area contributed by atoms with E-state index in [2.05, 4.69) is 163 Å². The molecule has 2 heteroatoms. The van der Waals surface area contributed by atoms with E-state index in [1.54, 1.807) is 6.08 Å². The minimum Gasteiger partial charge on any atom is -0.313 e. The highest BCUT2D eigenvalue weighted by atomic mass is 15.0. The zero-order valence-corrected chi connectivity index (χ0v) is 30.6. The third-order valence-corrected chi connectivity index (χ3v) is 8.85. The van der Waals surface area contributed by atoms with Crippen LogP contribution in [0.1, 0.15) is 70.5 Å². The molecule has 50 heavy (non-hydrogen) atoms. The second kappa shape index (κ2) is 16.7. The van der Waals surface area contributed by atoms with Gasteiger partial charge in [-0.15, -0.1) is 6.58 Å². The average Bonchev–Trinajstić information content (AvgIpc) is 3.68. The molecule has 2 heterocycles. The van der Waals surface area contributed by atoms with E-state index < -0.39 is 0 Å². The van der Waals surface area contributed by atoms with Crippen molar-refractivity contribution in [3.63, 3.8) is 0 Å². The molecule has 1 aliphatic rings. The Morgan fingerprint density at radius 3 is 2.06 bits per heavy atom. The Bertz CT molecular complexity index is 2320. The van der Waals surface area contributed by atoms with Crippen LogP contribution < -0.4 is 0 Å². The van der Waals surface area contributed by atoms with E-state index in [9.17, 15) is 0 Å². The lowest BCUT2D eigenvalue weighted by Gasteiger charge is -2.15. The lowest BCUT2D eigenvalue weighted by Crippen LogP contribution is -2.04. The average molecular weight is 655 g/mol. The maximum Gasteiger partial charge on any atom is 0.0542 e. The Labute approximate surface area is 299 Å². The van der Waals surface area contributed by atoms with Gasteiger partial charge in [0.2, 0.25) is 0 Å². The molecule has 0 unspecified atom stereocenters. The second-order valence-electron chi connectivity index (χ2n) is 11.7. The normalized spacial score (nSPS) is 11.6. The van der Waals surface area contributed by atoms with E-state index in [4.69, 9.17) is 0 Å². The van der Waals surface area contributed by atoms with Crippen LogP contribution in [0.15, 0.2) is 141 Å². The predicted octanol–water partition coefficient (Wildman–Crippen LogP) is 14.3. The molecule has 5 aromatic carbocycles. The maximum atomic E-state index is 4.18. The summed E-state index contributed by atoms with van der Waals surface area (Å²) in [5, 5.41) is 5.03. The van der Waals surface area contributed by atoms with Gasteiger partial charge in [0.05, 0.1) is 16.7 Å². The van der Waals surface area contributed by atoms with Crippen LogP contribution in [0.3, 0.4) is 0 Å². The van der Waals surface area contributed by atoms with Gasteiger partial charge >= 0.3 is 0 Å². The summed E-state index contributed by atoms with van der Waals surface area (Å²) in [5.41, 5.74) is 12.3. The largest absolute Gasteiger partial charge is 0.313 e. The molecule has 0 saturated heterocycles. The third-order valence-electron chi connectivity index (χ3n) is 8.85. The van der Waals surface area contributed by atoms with E-state index in [0.29, 0.717) is 0 Å². The molecule has 2 aromatic heterocycles. The lowest BCUT2D eigenvalue weighted by molar-refractivity contribution is 0.870. The molecule has 0 amide bonds. The molecule has 7 aromatic rings. The fraction of sp³-hybridized carbons (Fsp3) is 0.167. The van der Waals surface area contributed by atoms with Crippen LogP contribution in [0.4, 0.5) is 0 Å². The molecule has 0 radical (unpaired) electrons. The minimum atomic E-state index is 1.02. The summed E-state index contributed by atoms with van der Waals surface area (Å²) >= 11 is 0. The Morgan fingerprint density at radius 1 is 0.620 bits per heavy atom. The van der Waals surface area contributed by atoms with Gasteiger partial charge in [-0.3, -0.25) is 0 Å². The molecule has 1 aliphatic carbocycles. The van der Waals surface area contributed by atoms with Crippen molar-refractivity contribution in [2.24, 2.45) is 0 Å². The minimum absolute atomic E-state index is 1.02. The van der Waals surface area contributed by atoms with Gasteiger partial charge in [-0.1, -0.05) is 131 Å². The van der Waals surface area contributed by atoms with E-state index in [1.165, 1.54) is 71.9 Å². The van der Waals surface area contributed by atoms with Crippen molar-refractivity contribution in [3.8, 4) is 22.5 Å². The van der Waals surface area contributed by atoms with Gasteiger partial charge in [-0.05, 0) is 97.1 Å². The van der Waals surface area contributed by atoms with Crippen LogP contribution in [-0.2, 0) is 6.42 Å². The molecule has 0 fully saturated rings. The van der Waals surface area contributed by atoms with Crippen LogP contribution in [0.5, 0.6) is 0 Å². The van der Waals surface area contributed by atoms with E-state index in [-0.39, 0.29) is 0 Å². The predicted molar refractivity (Wildman–Crippen MR) is 224 cm³/mol. The molecular formula is C48H50N2. The van der Waals surface area contributed by atoms with Crippen molar-refractivity contribution in [1.29, 1.82) is 0 Å². The summed E-state index contributed by atoms with van der Waals surface area (Å²) < 4.78 is 4.86. The van der Waals surface area contributed by atoms with Gasteiger partial charge in [-0.2, -0.15) is 0 Å². The van der Waals surface area contributed by atoms with Crippen LogP contribution in [0, 0.1) is 0 Å². The summed E-state index contributed by atoms with van der Waals surface area (Å²) in [5.74, 6) is 0. The van der Waals surface area contributed by atoms with E-state index in [0.717, 1.165) is 18.5 Å². The molecular weight excluding hydrogens is 605 g/mol. The van der Waals surface area contributed by atoms with Crippen LogP contribution in [-0.4, -0.2) is 9.13 Å². The standard InChI is InChI=1S/C41H32N2.C3H6.2C2H6/c1-3-12-38-34(4-2)35-17-7-9-19-39(35)43(38)33-23-24-41-37(27-33)36-18-8-10-20-40(36)42(41)32-16-11-15-30(26-32)31-22-21-28-13-5-6-14-29(28)25-31;1-3-2;2*1-2/h3-8,10-18,20-27H,2,9,19H2,1H3;3H,1H2,2H3;2*1-2H3/b12-3-;;;. The van der Waals surface area contributed by atoms with Crippen molar-refractivity contribution in [3.05, 3.63) is 163 Å². The van der Waals surface area contributed by atoms with Crippen molar-refractivity contribution in [2.45, 2.75) is 54.4 Å². The van der Waals surface area contributed by atoms with E-state index in [1.807, 2.05) is 40.7 Å². The van der Waals surface area contributed by atoms with E-state index >= 15 is 0 Å². The molecule has 0 atom stereocenters. The maximum absolute atomic E-state index is 4.18. The number of nitrogens with zero attached hydrogens (tertiary/aromatic N) is 2. The number of rotatable bonds is 5. The highest BCUT2D eigenvalue weighted by molar-refractivity contribution is 6.10. The first-order chi connectivity index (χ1) is 24.7. The second-order valence-corrected chi connectivity index (χ2v) is 11.7. The van der Waals surface area contributed by atoms with Gasteiger partial charge in [0.1, 0.15) is 0 Å². The molecule has 0 saturated carbocycles. The number of benzene rings is 5. The first kappa shape index (κ1) is 35.7. The summed E-state index contributed by atoms with van der Waals surface area (Å²) in [6.07, 6.45) is 14.7. The molecule has 0 aliphatic heterocycles. The zero-order chi connectivity index (χ0) is 35.6. The van der Waals surface area contributed by atoms with Gasteiger partial charge in [-0.25, -0.2) is 0 Å². The van der Waals surface area contributed by atoms with Crippen molar-refractivity contribution in [1.82, 2.24) is 9.13 Å². The van der Waals surface area contributed by atoms with Crippen molar-refractivity contribution >= 4 is 50.8 Å². The Balaban J connectivity index is 0.000000650. The first-order valence-electron chi connectivity index (χ1n) is 18.1. The number of fused-ring (bicyclic) bond motifs is 5. The quantitative estimate of drug-likeness (QED) is 0.163. The van der Waals surface area contributed by atoms with Gasteiger partial charge in [0, 0.05) is 39.0 Å². The monoisotopic (exact) mass is 654 g/mol. The zero-order valence-electron chi connectivity index (χ0n) is 30.6. The Morgan fingerprint density at radius 2 is 1.30 bits per heavy atom. The highest BCUT2D eigenvalue weighted by Gasteiger charge is 2.22. The molecule has 0 spiro atoms. The number of hydrogen-bond acceptors (Lipinski definition) is 0. The molecule has 0 bridgehead atoms. The third kappa shape index (κ3) is 6.67. The SMILES string of the molecule is C=CC.C=Cc1c2c(n(-c3ccc4c(c3)c3ccccc3n4-c3cccc(-c4ccc5ccccc5c4)c3)c1/C=C\C)CCC=C2.CC.CC. The lowest BCUT2D eigenvalue weighted by atomic mass is 10.0. The van der Waals surface area contributed by atoms with Gasteiger partial charge in [0.25, 0.3) is 0 Å². The summed E-state index contributed by atoms with van der Waals surface area (Å²) in [6.45, 7) is 19.5. The molecule has 0 N–H and O–H groups in total. The number of allylic oxidation sites excluding steroid dienone is 3. The van der Waals surface area contributed by atoms with Crippen molar-refractivity contribution < 1.29 is 0 Å². The highest BCUT2D eigenvalue weighted by Crippen LogP contribution is 2.38. The van der Waals surface area contributed by atoms with Crippen molar-refractivity contribution in [2.75, 3.05) is 0 Å². The topological polar surface area (TPSA) is 9.86 Å². The van der Waals surface area contributed by atoms with Crippen LogP contribution in [0.2, 0.25) is 0 Å². The Hall–Kier alpha value is -5.60. The smallest absolute Gasteiger partial charge is 0.0542 e. The number of aromatic nitrogens is 2. The molecule has 252 valence electrons. The molecule has 8 rings (SSSR count). The summed E-state index contributed by atoms with van der Waals surface area (Å²) in [7, 11) is 0. The summed E-state index contributed by atoms with van der Waals surface area (Å²) in [4.78, 5) is 0.